The number of piperidine rings is 1. The summed E-state index contributed by atoms with van der Waals surface area (Å²) in [6.07, 6.45) is 5.16. The molecular formula is C17H20N6O2. The van der Waals surface area contributed by atoms with Gasteiger partial charge < -0.3 is 9.30 Å². The Morgan fingerprint density at radius 1 is 1.36 bits per heavy atom. The molecule has 4 heterocycles. The molecule has 1 fully saturated rings. The van der Waals surface area contributed by atoms with Crippen molar-refractivity contribution in [2.24, 2.45) is 0 Å². The monoisotopic (exact) mass is 340 g/mol. The minimum absolute atomic E-state index is 0.0444. The van der Waals surface area contributed by atoms with Crippen LogP contribution >= 0.6 is 0 Å². The second-order valence-corrected chi connectivity index (χ2v) is 6.31. The van der Waals surface area contributed by atoms with Crippen molar-refractivity contribution < 1.29 is 4.79 Å². The van der Waals surface area contributed by atoms with Gasteiger partial charge in [-0.05, 0) is 38.0 Å². The van der Waals surface area contributed by atoms with E-state index in [2.05, 4.69) is 15.2 Å². The number of aromatic nitrogens is 5. The molecule has 8 heteroatoms. The zero-order valence-electron chi connectivity index (χ0n) is 14.1. The van der Waals surface area contributed by atoms with Crippen LogP contribution in [0.1, 0.15) is 42.0 Å². The fraction of sp³-hybridized carbons (Fsp3) is 0.412. The van der Waals surface area contributed by atoms with E-state index in [-0.39, 0.29) is 17.5 Å². The Bertz CT molecular complexity index is 961. The molecule has 1 aliphatic heterocycles. The van der Waals surface area contributed by atoms with Gasteiger partial charge in [0.05, 0.1) is 6.33 Å². The molecule has 1 saturated heterocycles. The fourth-order valence-corrected chi connectivity index (χ4v) is 3.50. The first-order chi connectivity index (χ1) is 12.2. The minimum atomic E-state index is -0.166. The molecule has 130 valence electrons. The van der Waals surface area contributed by atoms with Crippen LogP contribution in [0.4, 0.5) is 0 Å². The lowest BCUT2D eigenvalue weighted by Crippen LogP contribution is -2.39. The van der Waals surface area contributed by atoms with Crippen molar-refractivity contribution in [3.05, 3.63) is 52.7 Å². The van der Waals surface area contributed by atoms with E-state index in [1.165, 1.54) is 0 Å². The number of nitrogens with one attached hydrogen (secondary N) is 1. The number of H-pyrrole nitrogens is 1. The predicted molar refractivity (Wildman–Crippen MR) is 91.6 cm³/mol. The summed E-state index contributed by atoms with van der Waals surface area (Å²) in [7, 11) is 0. The summed E-state index contributed by atoms with van der Waals surface area (Å²) >= 11 is 0. The summed E-state index contributed by atoms with van der Waals surface area (Å²) < 4.78 is 3.55. The molecule has 0 atom stereocenters. The first-order valence-electron chi connectivity index (χ1n) is 8.54. The second kappa shape index (κ2) is 6.19. The molecule has 1 aliphatic rings. The van der Waals surface area contributed by atoms with Gasteiger partial charge in [0, 0.05) is 37.3 Å². The van der Waals surface area contributed by atoms with Gasteiger partial charge in [-0.25, -0.2) is 14.9 Å². The van der Waals surface area contributed by atoms with Crippen LogP contribution in [0.5, 0.6) is 0 Å². The van der Waals surface area contributed by atoms with E-state index in [9.17, 15) is 9.59 Å². The van der Waals surface area contributed by atoms with E-state index in [1.807, 2.05) is 40.6 Å². The summed E-state index contributed by atoms with van der Waals surface area (Å²) in [5, 5.41) is 6.70. The maximum atomic E-state index is 12.7. The molecule has 0 unspecified atom stereocenters. The molecule has 0 aliphatic carbocycles. The van der Waals surface area contributed by atoms with Crippen LogP contribution in [0, 0.1) is 0 Å². The minimum Gasteiger partial charge on any atom is -0.337 e. The maximum Gasteiger partial charge on any atom is 0.343 e. The molecule has 25 heavy (non-hydrogen) atoms. The SMILES string of the molecule is CCn1c(C2CCN(C(=O)c3cc4cccn4cn3)CC2)n[nH]c1=O. The average Bonchev–Trinajstić information content (AvgIpc) is 3.26. The Balaban J connectivity index is 1.47. The van der Waals surface area contributed by atoms with E-state index in [4.69, 9.17) is 0 Å². The summed E-state index contributed by atoms with van der Waals surface area (Å²) in [4.78, 5) is 30.5. The number of carbonyl (C=O) groups is 1. The van der Waals surface area contributed by atoms with Crippen LogP contribution in [-0.4, -0.2) is 48.0 Å². The number of aromatic amines is 1. The van der Waals surface area contributed by atoms with Gasteiger partial charge in [0.1, 0.15) is 11.5 Å². The van der Waals surface area contributed by atoms with Crippen molar-refractivity contribution in [1.82, 2.24) is 29.0 Å². The Morgan fingerprint density at radius 2 is 2.16 bits per heavy atom. The zero-order valence-corrected chi connectivity index (χ0v) is 14.1. The molecule has 0 saturated carbocycles. The standard InChI is InChI=1S/C17H20N6O2/c1-2-23-15(19-20-17(23)25)12-5-8-21(9-6-12)16(24)14-10-13-4-3-7-22(13)11-18-14/h3-4,7,10-12H,2,5-6,8-9H2,1H3,(H,20,25). The Morgan fingerprint density at radius 3 is 2.92 bits per heavy atom. The smallest absolute Gasteiger partial charge is 0.337 e. The third-order valence-electron chi connectivity index (χ3n) is 4.89. The van der Waals surface area contributed by atoms with E-state index in [0.29, 0.717) is 25.3 Å². The summed E-state index contributed by atoms with van der Waals surface area (Å²) in [6, 6.07) is 5.69. The topological polar surface area (TPSA) is 88.3 Å². The quantitative estimate of drug-likeness (QED) is 0.777. The van der Waals surface area contributed by atoms with Crippen molar-refractivity contribution in [1.29, 1.82) is 0 Å². The molecular weight excluding hydrogens is 320 g/mol. The molecule has 4 rings (SSSR count). The zero-order chi connectivity index (χ0) is 17.4. The largest absolute Gasteiger partial charge is 0.343 e. The van der Waals surface area contributed by atoms with Gasteiger partial charge >= 0.3 is 5.69 Å². The number of carbonyl (C=O) groups excluding carboxylic acids is 1. The Kier molecular flexibility index (Phi) is 3.87. The van der Waals surface area contributed by atoms with E-state index in [1.54, 1.807) is 10.9 Å². The second-order valence-electron chi connectivity index (χ2n) is 6.31. The Labute approximate surface area is 144 Å². The lowest BCUT2D eigenvalue weighted by Gasteiger charge is -2.31. The van der Waals surface area contributed by atoms with Gasteiger partial charge in [0.15, 0.2) is 0 Å². The van der Waals surface area contributed by atoms with Gasteiger partial charge in [-0.3, -0.25) is 9.36 Å². The normalized spacial score (nSPS) is 15.8. The number of hydrogen-bond donors (Lipinski definition) is 1. The lowest BCUT2D eigenvalue weighted by atomic mass is 9.95. The van der Waals surface area contributed by atoms with E-state index >= 15 is 0 Å². The van der Waals surface area contributed by atoms with Gasteiger partial charge in [-0.2, -0.15) is 5.10 Å². The van der Waals surface area contributed by atoms with Crippen LogP contribution in [-0.2, 0) is 6.54 Å². The van der Waals surface area contributed by atoms with Crippen molar-refractivity contribution in [2.45, 2.75) is 32.2 Å². The molecule has 0 aromatic carbocycles. The fourth-order valence-electron chi connectivity index (χ4n) is 3.50. The van der Waals surface area contributed by atoms with Crippen molar-refractivity contribution in [2.75, 3.05) is 13.1 Å². The molecule has 8 nitrogen and oxygen atoms in total. The molecule has 0 spiro atoms. The predicted octanol–water partition coefficient (Wildman–Crippen LogP) is 1.26. The number of rotatable bonds is 3. The van der Waals surface area contributed by atoms with Crippen LogP contribution in [0.25, 0.3) is 5.52 Å². The number of hydrogen-bond acceptors (Lipinski definition) is 4. The van der Waals surface area contributed by atoms with Crippen LogP contribution < -0.4 is 5.69 Å². The van der Waals surface area contributed by atoms with Gasteiger partial charge in [0.2, 0.25) is 0 Å². The van der Waals surface area contributed by atoms with Crippen LogP contribution in [0.2, 0.25) is 0 Å². The average molecular weight is 340 g/mol. The van der Waals surface area contributed by atoms with E-state index in [0.717, 1.165) is 24.2 Å². The Hall–Kier alpha value is -2.90. The van der Waals surface area contributed by atoms with Crippen LogP contribution in [0.15, 0.2) is 35.5 Å². The molecule has 3 aromatic heterocycles. The van der Waals surface area contributed by atoms with Gasteiger partial charge in [-0.1, -0.05) is 0 Å². The van der Waals surface area contributed by atoms with Crippen LogP contribution in [0.3, 0.4) is 0 Å². The first kappa shape index (κ1) is 15.6. The van der Waals surface area contributed by atoms with Crippen molar-refractivity contribution in [3.63, 3.8) is 0 Å². The molecule has 0 bridgehead atoms. The maximum absolute atomic E-state index is 12.7. The summed E-state index contributed by atoms with van der Waals surface area (Å²) in [5.74, 6) is 0.952. The summed E-state index contributed by atoms with van der Waals surface area (Å²) in [6.45, 7) is 3.82. The third-order valence-corrected chi connectivity index (χ3v) is 4.89. The highest BCUT2D eigenvalue weighted by molar-refractivity contribution is 5.93. The van der Waals surface area contributed by atoms with Crippen molar-refractivity contribution >= 4 is 11.4 Å². The highest BCUT2D eigenvalue weighted by atomic mass is 16.2. The molecule has 0 radical (unpaired) electrons. The molecule has 1 amide bonds. The number of fused-ring (bicyclic) bond motifs is 1. The number of nitrogens with zero attached hydrogens (tertiary/aromatic N) is 5. The van der Waals surface area contributed by atoms with Crippen molar-refractivity contribution in [3.8, 4) is 0 Å². The molecule has 3 aromatic rings. The lowest BCUT2D eigenvalue weighted by molar-refractivity contribution is 0.0704. The molecule has 1 N–H and O–H groups in total. The number of likely N-dealkylation sites (tertiary alicyclic amines) is 1. The highest BCUT2D eigenvalue weighted by Gasteiger charge is 2.28. The third kappa shape index (κ3) is 2.73. The first-order valence-corrected chi connectivity index (χ1v) is 8.54. The van der Waals surface area contributed by atoms with Gasteiger partial charge in [0.25, 0.3) is 5.91 Å². The highest BCUT2D eigenvalue weighted by Crippen LogP contribution is 2.26. The van der Waals surface area contributed by atoms with Gasteiger partial charge in [-0.15, -0.1) is 0 Å². The number of amides is 1. The summed E-state index contributed by atoms with van der Waals surface area (Å²) in [5.41, 5.74) is 1.26. The van der Waals surface area contributed by atoms with E-state index < -0.39 is 0 Å².